The maximum atomic E-state index is 14.0. The number of hydrogen-bond donors (Lipinski definition) is 1. The van der Waals surface area contributed by atoms with E-state index in [1.807, 2.05) is 13.8 Å². The number of rotatable bonds is 9. The van der Waals surface area contributed by atoms with Gasteiger partial charge in [-0.2, -0.15) is 4.31 Å². The largest absolute Gasteiger partial charge is 0.313 e. The second kappa shape index (κ2) is 8.46. The zero-order valence-electron chi connectivity index (χ0n) is 13.0. The van der Waals surface area contributed by atoms with Crippen LogP contribution in [0.25, 0.3) is 0 Å². The molecule has 4 nitrogen and oxygen atoms in total. The van der Waals surface area contributed by atoms with Crippen molar-refractivity contribution < 1.29 is 12.8 Å². The SMILES string of the molecule is CCCCN(CC)S(=O)(=O)c1cc(CNCC)ccc1F. The fraction of sp³-hybridized carbons (Fsp3) is 0.600. The summed E-state index contributed by atoms with van der Waals surface area (Å²) in [6.45, 7) is 7.80. The summed E-state index contributed by atoms with van der Waals surface area (Å²) in [7, 11) is -3.77. The summed E-state index contributed by atoms with van der Waals surface area (Å²) in [6.07, 6.45) is 1.67. The zero-order chi connectivity index (χ0) is 15.9. The number of halogens is 1. The van der Waals surface area contributed by atoms with Crippen LogP contribution in [0.2, 0.25) is 0 Å². The Kier molecular flexibility index (Phi) is 7.28. The first-order valence-corrected chi connectivity index (χ1v) is 8.90. The monoisotopic (exact) mass is 316 g/mol. The molecule has 6 heteroatoms. The Hall–Kier alpha value is -0.980. The van der Waals surface area contributed by atoms with Gasteiger partial charge in [-0.15, -0.1) is 0 Å². The van der Waals surface area contributed by atoms with E-state index in [1.54, 1.807) is 13.0 Å². The lowest BCUT2D eigenvalue weighted by molar-refractivity contribution is 0.415. The average molecular weight is 316 g/mol. The highest BCUT2D eigenvalue weighted by atomic mass is 32.2. The highest BCUT2D eigenvalue weighted by Crippen LogP contribution is 2.21. The molecule has 0 bridgehead atoms. The maximum Gasteiger partial charge on any atom is 0.245 e. The van der Waals surface area contributed by atoms with Gasteiger partial charge in [0, 0.05) is 19.6 Å². The molecule has 21 heavy (non-hydrogen) atoms. The van der Waals surface area contributed by atoms with Crippen molar-refractivity contribution in [1.82, 2.24) is 9.62 Å². The third-order valence-electron chi connectivity index (χ3n) is 3.31. The number of hydrogen-bond acceptors (Lipinski definition) is 3. The van der Waals surface area contributed by atoms with Crippen LogP contribution in [0.15, 0.2) is 23.1 Å². The van der Waals surface area contributed by atoms with E-state index in [4.69, 9.17) is 0 Å². The van der Waals surface area contributed by atoms with Crippen LogP contribution in [-0.4, -0.2) is 32.4 Å². The second-order valence-corrected chi connectivity index (χ2v) is 6.80. The third kappa shape index (κ3) is 4.76. The topological polar surface area (TPSA) is 49.4 Å². The number of sulfonamides is 1. The first kappa shape index (κ1) is 18.1. The van der Waals surface area contributed by atoms with Gasteiger partial charge in [-0.1, -0.05) is 33.3 Å². The first-order chi connectivity index (χ1) is 9.97. The fourth-order valence-electron chi connectivity index (χ4n) is 2.05. The average Bonchev–Trinajstić information content (AvgIpc) is 2.46. The van der Waals surface area contributed by atoms with Crippen molar-refractivity contribution in [2.24, 2.45) is 0 Å². The standard InChI is InChI=1S/C15H25FN2O2S/c1-4-7-10-18(6-3)21(19,20)15-11-13(12-17-5-2)8-9-14(15)16/h8-9,11,17H,4-7,10,12H2,1-3H3. The van der Waals surface area contributed by atoms with Gasteiger partial charge in [0.15, 0.2) is 0 Å². The van der Waals surface area contributed by atoms with E-state index < -0.39 is 15.8 Å². The number of nitrogens with zero attached hydrogens (tertiary/aromatic N) is 1. The molecule has 0 unspecified atom stereocenters. The van der Waals surface area contributed by atoms with E-state index in [9.17, 15) is 12.8 Å². The predicted octanol–water partition coefficient (Wildman–Crippen LogP) is 2.75. The van der Waals surface area contributed by atoms with Crippen molar-refractivity contribution in [3.05, 3.63) is 29.6 Å². The molecule has 1 rings (SSSR count). The van der Waals surface area contributed by atoms with Gasteiger partial charge in [-0.3, -0.25) is 0 Å². The third-order valence-corrected chi connectivity index (χ3v) is 5.30. The van der Waals surface area contributed by atoms with E-state index >= 15 is 0 Å². The van der Waals surface area contributed by atoms with Gasteiger partial charge < -0.3 is 5.32 Å². The second-order valence-electron chi connectivity index (χ2n) is 4.90. The van der Waals surface area contributed by atoms with Crippen LogP contribution < -0.4 is 5.32 Å². The van der Waals surface area contributed by atoms with E-state index in [0.29, 0.717) is 19.6 Å². The van der Waals surface area contributed by atoms with Gasteiger partial charge in [0.25, 0.3) is 0 Å². The Labute approximate surface area is 127 Å². The molecule has 1 aromatic carbocycles. The summed E-state index contributed by atoms with van der Waals surface area (Å²) in [5.74, 6) is -0.690. The molecule has 0 radical (unpaired) electrons. The van der Waals surface area contributed by atoms with Gasteiger partial charge in [0.05, 0.1) is 0 Å². The van der Waals surface area contributed by atoms with Gasteiger partial charge >= 0.3 is 0 Å². The van der Waals surface area contributed by atoms with Crippen molar-refractivity contribution in [2.45, 2.75) is 45.1 Å². The van der Waals surface area contributed by atoms with E-state index in [-0.39, 0.29) is 4.90 Å². The minimum Gasteiger partial charge on any atom is -0.313 e. The molecular weight excluding hydrogens is 291 g/mol. The summed E-state index contributed by atoms with van der Waals surface area (Å²) >= 11 is 0. The maximum absolute atomic E-state index is 14.0. The fourth-order valence-corrected chi connectivity index (χ4v) is 3.65. The van der Waals surface area contributed by atoms with Crippen molar-refractivity contribution in [2.75, 3.05) is 19.6 Å². The summed E-state index contributed by atoms with van der Waals surface area (Å²) < 4.78 is 40.5. The number of benzene rings is 1. The molecule has 0 aromatic heterocycles. The van der Waals surface area contributed by atoms with Gasteiger partial charge in [-0.05, 0) is 30.7 Å². The molecular formula is C15H25FN2O2S. The van der Waals surface area contributed by atoms with Gasteiger partial charge in [-0.25, -0.2) is 12.8 Å². The van der Waals surface area contributed by atoms with Crippen LogP contribution in [0.5, 0.6) is 0 Å². The van der Waals surface area contributed by atoms with Crippen molar-refractivity contribution in [1.29, 1.82) is 0 Å². The first-order valence-electron chi connectivity index (χ1n) is 7.46. The van der Waals surface area contributed by atoms with E-state index in [1.165, 1.54) is 16.4 Å². The molecule has 0 amide bonds. The summed E-state index contributed by atoms with van der Waals surface area (Å²) in [6, 6.07) is 4.27. The molecule has 0 aliphatic carbocycles. The highest BCUT2D eigenvalue weighted by molar-refractivity contribution is 7.89. The van der Waals surface area contributed by atoms with Crippen LogP contribution in [0.4, 0.5) is 4.39 Å². The minimum absolute atomic E-state index is 0.226. The molecule has 120 valence electrons. The molecule has 0 saturated carbocycles. The number of nitrogens with one attached hydrogen (secondary N) is 1. The van der Waals surface area contributed by atoms with Crippen LogP contribution in [0.3, 0.4) is 0 Å². The Morgan fingerprint density at radius 1 is 1.24 bits per heavy atom. The molecule has 0 aliphatic rings. The number of unbranched alkanes of at least 4 members (excludes halogenated alkanes) is 1. The van der Waals surface area contributed by atoms with Crippen LogP contribution in [0.1, 0.15) is 39.2 Å². The molecule has 1 aromatic rings. The lowest BCUT2D eigenvalue weighted by Gasteiger charge is -2.21. The quantitative estimate of drug-likeness (QED) is 0.762. The van der Waals surface area contributed by atoms with Gasteiger partial charge in [0.2, 0.25) is 10.0 Å². The van der Waals surface area contributed by atoms with Crippen molar-refractivity contribution >= 4 is 10.0 Å². The lowest BCUT2D eigenvalue weighted by atomic mass is 10.2. The highest BCUT2D eigenvalue weighted by Gasteiger charge is 2.26. The van der Waals surface area contributed by atoms with E-state index in [0.717, 1.165) is 24.9 Å². The summed E-state index contributed by atoms with van der Waals surface area (Å²) in [5.41, 5.74) is 0.767. The van der Waals surface area contributed by atoms with Crippen LogP contribution in [0, 0.1) is 5.82 Å². The van der Waals surface area contributed by atoms with Gasteiger partial charge in [0.1, 0.15) is 10.7 Å². The Morgan fingerprint density at radius 3 is 2.52 bits per heavy atom. The Morgan fingerprint density at radius 2 is 1.95 bits per heavy atom. The Balaban J connectivity index is 3.10. The molecule has 1 N–H and O–H groups in total. The van der Waals surface area contributed by atoms with Crippen molar-refractivity contribution in [3.63, 3.8) is 0 Å². The smallest absolute Gasteiger partial charge is 0.245 e. The summed E-state index contributed by atoms with van der Waals surface area (Å²) in [4.78, 5) is -0.226. The van der Waals surface area contributed by atoms with Crippen LogP contribution >= 0.6 is 0 Å². The molecule has 0 aliphatic heterocycles. The summed E-state index contributed by atoms with van der Waals surface area (Å²) in [5, 5.41) is 3.11. The molecule has 0 heterocycles. The molecule has 0 saturated heterocycles. The molecule has 0 atom stereocenters. The molecule has 0 fully saturated rings. The lowest BCUT2D eigenvalue weighted by Crippen LogP contribution is -2.32. The van der Waals surface area contributed by atoms with Crippen molar-refractivity contribution in [3.8, 4) is 0 Å². The predicted molar refractivity (Wildman–Crippen MR) is 83.1 cm³/mol. The molecule has 0 spiro atoms. The van der Waals surface area contributed by atoms with Crippen LogP contribution in [-0.2, 0) is 16.6 Å². The Bertz CT molecular complexity index is 547. The zero-order valence-corrected chi connectivity index (χ0v) is 13.8. The minimum atomic E-state index is -3.77. The normalized spacial score (nSPS) is 12.0. The van der Waals surface area contributed by atoms with E-state index in [2.05, 4.69) is 5.32 Å².